The Morgan fingerprint density at radius 1 is 1.39 bits per heavy atom. The molecule has 1 aromatic rings. The minimum Gasteiger partial charge on any atom is -0.356 e. The highest BCUT2D eigenvalue weighted by Crippen LogP contribution is 2.22. The van der Waals surface area contributed by atoms with Gasteiger partial charge in [-0.3, -0.25) is 4.55 Å². The molecule has 0 spiro atoms. The van der Waals surface area contributed by atoms with Crippen LogP contribution in [0.4, 0.5) is 5.82 Å². The normalized spacial score (nSPS) is 18.9. The van der Waals surface area contributed by atoms with Gasteiger partial charge in [0.15, 0.2) is 0 Å². The lowest BCUT2D eigenvalue weighted by atomic mass is 10.1. The fraction of sp³-hybridized carbons (Fsp3) is 0.636. The smallest absolute Gasteiger partial charge is 0.231 e. The first-order chi connectivity index (χ1) is 8.58. The van der Waals surface area contributed by atoms with Gasteiger partial charge in [0.25, 0.3) is 0 Å². The van der Waals surface area contributed by atoms with Crippen LogP contribution in [0.15, 0.2) is 6.33 Å². The van der Waals surface area contributed by atoms with Crippen LogP contribution in [-0.4, -0.2) is 37.9 Å². The summed E-state index contributed by atoms with van der Waals surface area (Å²) in [7, 11) is 0. The van der Waals surface area contributed by atoms with Crippen molar-refractivity contribution >= 4 is 17.1 Å². The van der Waals surface area contributed by atoms with Gasteiger partial charge in [0.05, 0.1) is 0 Å². The number of nitrogens with one attached hydrogen (secondary N) is 1. The Morgan fingerprint density at radius 3 is 2.67 bits per heavy atom. The average molecular weight is 270 g/mol. The lowest BCUT2D eigenvalue weighted by Gasteiger charge is -2.33. The third-order valence-electron chi connectivity index (χ3n) is 3.37. The second kappa shape index (κ2) is 5.73. The molecular weight excluding hydrogens is 252 g/mol. The number of aromatic nitrogens is 2. The maximum absolute atomic E-state index is 10.7. The molecule has 18 heavy (non-hydrogen) atoms. The number of rotatable bonds is 3. The van der Waals surface area contributed by atoms with E-state index < -0.39 is 11.3 Å². The highest BCUT2D eigenvalue weighted by Gasteiger charge is 2.22. The van der Waals surface area contributed by atoms with Crippen LogP contribution in [0.2, 0.25) is 0 Å². The molecule has 2 heterocycles. The minimum atomic E-state index is -1.92. The number of nitrogens with zero attached hydrogens (tertiary/aromatic N) is 3. The summed E-state index contributed by atoms with van der Waals surface area (Å²) >= 11 is -1.92. The van der Waals surface area contributed by atoms with Crippen molar-refractivity contribution in [3.8, 4) is 0 Å². The van der Waals surface area contributed by atoms with Gasteiger partial charge in [-0.2, -0.15) is 0 Å². The summed E-state index contributed by atoms with van der Waals surface area (Å²) in [5, 5.41) is 0. The zero-order valence-corrected chi connectivity index (χ0v) is 11.4. The van der Waals surface area contributed by atoms with Gasteiger partial charge >= 0.3 is 0 Å². The van der Waals surface area contributed by atoms with E-state index in [4.69, 9.17) is 4.55 Å². The number of piperidine rings is 1. The summed E-state index contributed by atoms with van der Waals surface area (Å²) in [6.45, 7) is 5.68. The maximum Gasteiger partial charge on any atom is 0.231 e. The third-order valence-corrected chi connectivity index (χ3v) is 3.91. The summed E-state index contributed by atoms with van der Waals surface area (Å²) < 4.78 is 22.1. The number of anilines is 1. The van der Waals surface area contributed by atoms with E-state index in [9.17, 15) is 4.21 Å². The molecule has 1 saturated heterocycles. The molecule has 1 aliphatic heterocycles. The van der Waals surface area contributed by atoms with Crippen molar-refractivity contribution < 1.29 is 8.76 Å². The maximum atomic E-state index is 10.7. The number of hydrogen-bond donors (Lipinski definition) is 2. The molecule has 7 heteroatoms. The fourth-order valence-corrected chi connectivity index (χ4v) is 2.72. The molecule has 1 aromatic heterocycles. The van der Waals surface area contributed by atoms with Crippen LogP contribution < -0.4 is 9.62 Å². The molecule has 1 fully saturated rings. The van der Waals surface area contributed by atoms with E-state index in [2.05, 4.69) is 19.6 Å². The molecule has 6 nitrogen and oxygen atoms in total. The van der Waals surface area contributed by atoms with E-state index >= 15 is 0 Å². The van der Waals surface area contributed by atoms with Crippen LogP contribution in [0.5, 0.6) is 0 Å². The Kier molecular flexibility index (Phi) is 4.26. The van der Waals surface area contributed by atoms with Crippen LogP contribution in [0, 0.1) is 13.8 Å². The van der Waals surface area contributed by atoms with E-state index in [-0.39, 0.29) is 6.04 Å². The first-order valence-corrected chi connectivity index (χ1v) is 7.08. The van der Waals surface area contributed by atoms with Gasteiger partial charge in [-0.25, -0.2) is 18.9 Å². The largest absolute Gasteiger partial charge is 0.356 e. The molecule has 1 atom stereocenters. The predicted octanol–water partition coefficient (Wildman–Crippen LogP) is 0.789. The van der Waals surface area contributed by atoms with Crippen molar-refractivity contribution in [3.05, 3.63) is 17.6 Å². The van der Waals surface area contributed by atoms with Crippen molar-refractivity contribution in [1.29, 1.82) is 0 Å². The second-order valence-electron chi connectivity index (χ2n) is 4.54. The Hall–Kier alpha value is -1.05. The molecule has 1 unspecified atom stereocenters. The zero-order valence-electron chi connectivity index (χ0n) is 10.6. The zero-order chi connectivity index (χ0) is 13.1. The van der Waals surface area contributed by atoms with Crippen LogP contribution in [0.3, 0.4) is 0 Å². The summed E-state index contributed by atoms with van der Waals surface area (Å²) in [6, 6.07) is 0.107. The van der Waals surface area contributed by atoms with Crippen molar-refractivity contribution in [3.63, 3.8) is 0 Å². The molecule has 100 valence electrons. The third kappa shape index (κ3) is 3.04. The summed E-state index contributed by atoms with van der Waals surface area (Å²) in [6.07, 6.45) is 3.27. The van der Waals surface area contributed by atoms with Crippen LogP contribution >= 0.6 is 0 Å². The molecule has 0 radical (unpaired) electrons. The van der Waals surface area contributed by atoms with E-state index in [0.29, 0.717) is 0 Å². The topological polar surface area (TPSA) is 78.4 Å². The van der Waals surface area contributed by atoms with Crippen LogP contribution in [0.1, 0.15) is 24.1 Å². The van der Waals surface area contributed by atoms with Gasteiger partial charge in [0, 0.05) is 30.4 Å². The van der Waals surface area contributed by atoms with Crippen molar-refractivity contribution in [2.24, 2.45) is 0 Å². The first-order valence-electron chi connectivity index (χ1n) is 5.98. The summed E-state index contributed by atoms with van der Waals surface area (Å²) in [4.78, 5) is 10.7. The number of hydrogen-bond acceptors (Lipinski definition) is 4. The van der Waals surface area contributed by atoms with Gasteiger partial charge in [-0.05, 0) is 26.7 Å². The summed E-state index contributed by atoms with van der Waals surface area (Å²) in [5.74, 6) is 0.978. The van der Waals surface area contributed by atoms with Crippen molar-refractivity contribution in [1.82, 2.24) is 14.7 Å². The highest BCUT2D eigenvalue weighted by molar-refractivity contribution is 7.77. The Balaban J connectivity index is 2.01. The van der Waals surface area contributed by atoms with Crippen molar-refractivity contribution in [2.45, 2.75) is 32.7 Å². The van der Waals surface area contributed by atoms with Gasteiger partial charge in [-0.15, -0.1) is 0 Å². The molecule has 0 amide bonds. The lowest BCUT2D eigenvalue weighted by Crippen LogP contribution is -2.43. The first kappa shape index (κ1) is 13.4. The van der Waals surface area contributed by atoms with Crippen LogP contribution in [-0.2, 0) is 11.3 Å². The molecule has 0 aliphatic carbocycles. The average Bonchev–Trinajstić information content (AvgIpc) is 2.33. The molecule has 0 bridgehead atoms. The minimum absolute atomic E-state index is 0.107. The quantitative estimate of drug-likeness (QED) is 0.794. The SMILES string of the molecule is Cc1ncnc(N2CCC(NS(=O)O)CC2)c1C. The Bertz CT molecular complexity index is 447. The summed E-state index contributed by atoms with van der Waals surface area (Å²) in [5.41, 5.74) is 2.10. The van der Waals surface area contributed by atoms with E-state index in [1.54, 1.807) is 6.33 Å². The van der Waals surface area contributed by atoms with E-state index in [1.807, 2.05) is 13.8 Å². The van der Waals surface area contributed by atoms with Gasteiger partial charge in [0.1, 0.15) is 12.1 Å². The van der Waals surface area contributed by atoms with E-state index in [1.165, 1.54) is 0 Å². The number of aryl methyl sites for hydroxylation is 1. The van der Waals surface area contributed by atoms with Gasteiger partial charge in [0.2, 0.25) is 11.3 Å². The fourth-order valence-electron chi connectivity index (χ4n) is 2.20. The van der Waals surface area contributed by atoms with Crippen molar-refractivity contribution in [2.75, 3.05) is 18.0 Å². The highest BCUT2D eigenvalue weighted by atomic mass is 32.2. The van der Waals surface area contributed by atoms with E-state index in [0.717, 1.165) is 43.0 Å². The standard InChI is InChI=1S/C11H18N4O2S/c1-8-9(2)12-7-13-11(8)15-5-3-10(4-6-15)14-18(16)17/h7,10,14H,3-6H2,1-2H3,(H,16,17). The molecule has 0 aromatic carbocycles. The molecule has 2 rings (SSSR count). The Labute approximate surface area is 109 Å². The Morgan fingerprint density at radius 2 is 2.06 bits per heavy atom. The molecule has 0 saturated carbocycles. The lowest BCUT2D eigenvalue weighted by molar-refractivity contribution is 0.450. The molecular formula is C11H18N4O2S. The van der Waals surface area contributed by atoms with Crippen LogP contribution in [0.25, 0.3) is 0 Å². The molecule has 1 aliphatic rings. The second-order valence-corrected chi connectivity index (χ2v) is 5.27. The monoisotopic (exact) mass is 270 g/mol. The van der Waals surface area contributed by atoms with Gasteiger partial charge in [-0.1, -0.05) is 0 Å². The predicted molar refractivity (Wildman–Crippen MR) is 70.6 cm³/mol. The van der Waals surface area contributed by atoms with Gasteiger partial charge < -0.3 is 4.90 Å². The molecule has 2 N–H and O–H groups in total.